The lowest BCUT2D eigenvalue weighted by Gasteiger charge is -1.99. The lowest BCUT2D eigenvalue weighted by molar-refractivity contribution is 0.101. The Morgan fingerprint density at radius 2 is 2.23 bits per heavy atom. The minimum atomic E-state index is -0.259. The van der Waals surface area contributed by atoms with Crippen molar-refractivity contribution in [3.8, 4) is 5.75 Å². The molecule has 4 nitrogen and oxygen atoms in total. The van der Waals surface area contributed by atoms with Gasteiger partial charge in [-0.3, -0.25) is 4.79 Å². The molecule has 0 fully saturated rings. The van der Waals surface area contributed by atoms with Crippen molar-refractivity contribution in [2.75, 3.05) is 0 Å². The number of carbonyl (C=O) groups is 1. The topological polar surface area (TPSA) is 66.7 Å². The van der Waals surface area contributed by atoms with Crippen LogP contribution in [0.15, 0.2) is 23.2 Å². The zero-order valence-electron chi connectivity index (χ0n) is 6.94. The fourth-order valence-electron chi connectivity index (χ4n) is 0.953. The van der Waals surface area contributed by atoms with Crippen LogP contribution >= 0.6 is 0 Å². The first-order chi connectivity index (χ1) is 6.15. The zero-order chi connectivity index (χ0) is 9.84. The third kappa shape index (κ3) is 2.01. The van der Waals surface area contributed by atoms with Crippen molar-refractivity contribution >= 4 is 17.6 Å². The lowest BCUT2D eigenvalue weighted by Crippen LogP contribution is -1.91. The van der Waals surface area contributed by atoms with Crippen molar-refractivity contribution in [2.45, 2.75) is 6.92 Å². The van der Waals surface area contributed by atoms with Gasteiger partial charge in [0.1, 0.15) is 5.75 Å². The van der Waals surface area contributed by atoms with E-state index in [0.717, 1.165) is 0 Å². The molecule has 0 amide bonds. The minimum Gasteiger partial charge on any atom is -0.508 e. The van der Waals surface area contributed by atoms with Crippen molar-refractivity contribution in [3.05, 3.63) is 23.8 Å². The number of isocyanates is 1. The van der Waals surface area contributed by atoms with Crippen molar-refractivity contribution in [2.24, 2.45) is 4.99 Å². The molecule has 0 aliphatic heterocycles. The van der Waals surface area contributed by atoms with E-state index in [1.807, 2.05) is 0 Å². The standard InChI is InChI=1S/C9H7NO3/c1-6(12)8-4-7(13)2-3-9(8)10-5-11/h2-4,13H,1H3. The van der Waals surface area contributed by atoms with Gasteiger partial charge in [-0.15, -0.1) is 0 Å². The average molecular weight is 177 g/mol. The van der Waals surface area contributed by atoms with Gasteiger partial charge in [-0.05, 0) is 25.1 Å². The van der Waals surface area contributed by atoms with Crippen molar-refractivity contribution in [1.29, 1.82) is 0 Å². The molecule has 0 aliphatic rings. The predicted molar refractivity (Wildman–Crippen MR) is 45.9 cm³/mol. The number of nitrogens with zero attached hydrogens (tertiary/aromatic N) is 1. The Balaban J connectivity index is 3.34. The molecule has 0 radical (unpaired) electrons. The van der Waals surface area contributed by atoms with Gasteiger partial charge in [-0.1, -0.05) is 0 Å². The molecule has 0 atom stereocenters. The zero-order valence-corrected chi connectivity index (χ0v) is 6.94. The van der Waals surface area contributed by atoms with Gasteiger partial charge < -0.3 is 5.11 Å². The maximum absolute atomic E-state index is 11.0. The summed E-state index contributed by atoms with van der Waals surface area (Å²) >= 11 is 0. The van der Waals surface area contributed by atoms with Gasteiger partial charge in [0, 0.05) is 5.56 Å². The second-order valence-electron chi connectivity index (χ2n) is 2.46. The van der Waals surface area contributed by atoms with E-state index in [1.54, 1.807) is 0 Å². The molecule has 0 heterocycles. The Morgan fingerprint density at radius 3 is 2.77 bits per heavy atom. The van der Waals surface area contributed by atoms with Crippen LogP contribution in [0, 0.1) is 0 Å². The summed E-state index contributed by atoms with van der Waals surface area (Å²) in [7, 11) is 0. The molecule has 0 unspecified atom stereocenters. The molecule has 13 heavy (non-hydrogen) atoms. The number of phenols is 1. The van der Waals surface area contributed by atoms with Crippen molar-refractivity contribution in [1.82, 2.24) is 0 Å². The molecule has 66 valence electrons. The van der Waals surface area contributed by atoms with E-state index >= 15 is 0 Å². The Morgan fingerprint density at radius 1 is 1.54 bits per heavy atom. The summed E-state index contributed by atoms with van der Waals surface area (Å²) in [5.41, 5.74) is 0.434. The van der Waals surface area contributed by atoms with Gasteiger partial charge in [-0.2, -0.15) is 4.99 Å². The van der Waals surface area contributed by atoms with Gasteiger partial charge in [0.2, 0.25) is 6.08 Å². The summed E-state index contributed by atoms with van der Waals surface area (Å²) < 4.78 is 0. The smallest absolute Gasteiger partial charge is 0.240 e. The number of benzene rings is 1. The van der Waals surface area contributed by atoms with Gasteiger partial charge in [0.15, 0.2) is 5.78 Å². The molecule has 0 saturated heterocycles. The van der Waals surface area contributed by atoms with E-state index in [4.69, 9.17) is 5.11 Å². The molecule has 0 spiro atoms. The third-order valence-corrected chi connectivity index (χ3v) is 1.53. The molecule has 1 aromatic rings. The van der Waals surface area contributed by atoms with Crippen LogP contribution < -0.4 is 0 Å². The summed E-state index contributed by atoms with van der Waals surface area (Å²) in [6.07, 6.45) is 1.34. The van der Waals surface area contributed by atoms with Gasteiger partial charge in [0.05, 0.1) is 5.69 Å². The van der Waals surface area contributed by atoms with E-state index in [0.29, 0.717) is 0 Å². The fraction of sp³-hybridized carbons (Fsp3) is 0.111. The Kier molecular flexibility index (Phi) is 2.57. The number of phenolic OH excluding ortho intramolecular Hbond substituents is 1. The molecular weight excluding hydrogens is 170 g/mol. The molecule has 0 aromatic heterocycles. The highest BCUT2D eigenvalue weighted by molar-refractivity contribution is 5.99. The SMILES string of the molecule is CC(=O)c1cc(O)ccc1N=C=O. The van der Waals surface area contributed by atoms with Crippen LogP contribution in [0.4, 0.5) is 5.69 Å². The summed E-state index contributed by atoms with van der Waals surface area (Å²) in [5, 5.41) is 9.06. The number of carbonyl (C=O) groups excluding carboxylic acids is 2. The molecule has 1 aromatic carbocycles. The minimum absolute atomic E-state index is 0.0324. The monoisotopic (exact) mass is 177 g/mol. The van der Waals surface area contributed by atoms with Crippen LogP contribution in [0.5, 0.6) is 5.75 Å². The quantitative estimate of drug-likeness (QED) is 0.423. The molecule has 0 bridgehead atoms. The lowest BCUT2D eigenvalue weighted by atomic mass is 10.1. The Hall–Kier alpha value is -1.93. The fourth-order valence-corrected chi connectivity index (χ4v) is 0.953. The maximum atomic E-state index is 11.0. The van der Waals surface area contributed by atoms with Crippen LogP contribution in [-0.2, 0) is 4.79 Å². The summed E-state index contributed by atoms with van der Waals surface area (Å²) in [6, 6.07) is 4.00. The van der Waals surface area contributed by atoms with Crippen LogP contribution in [-0.4, -0.2) is 17.0 Å². The number of hydrogen-bond acceptors (Lipinski definition) is 4. The summed E-state index contributed by atoms with van der Waals surface area (Å²) in [4.78, 5) is 24.3. The molecule has 1 N–H and O–H groups in total. The largest absolute Gasteiger partial charge is 0.508 e. The van der Waals surface area contributed by atoms with Crippen molar-refractivity contribution in [3.63, 3.8) is 0 Å². The molecule has 1 rings (SSSR count). The van der Waals surface area contributed by atoms with Crippen LogP contribution in [0.1, 0.15) is 17.3 Å². The Labute approximate surface area is 74.5 Å². The first kappa shape index (κ1) is 9.16. The molecular formula is C9H7NO3. The predicted octanol–water partition coefficient (Wildman–Crippen LogP) is 1.56. The van der Waals surface area contributed by atoms with Crippen LogP contribution in [0.25, 0.3) is 0 Å². The van der Waals surface area contributed by atoms with Crippen LogP contribution in [0.3, 0.4) is 0 Å². The molecule has 4 heteroatoms. The highest BCUT2D eigenvalue weighted by atomic mass is 16.3. The van der Waals surface area contributed by atoms with Crippen molar-refractivity contribution < 1.29 is 14.7 Å². The third-order valence-electron chi connectivity index (χ3n) is 1.53. The highest BCUT2D eigenvalue weighted by Gasteiger charge is 2.06. The second kappa shape index (κ2) is 3.65. The van der Waals surface area contributed by atoms with E-state index in [2.05, 4.69) is 4.99 Å². The normalized spacial score (nSPS) is 9.00. The van der Waals surface area contributed by atoms with E-state index in [-0.39, 0.29) is 22.8 Å². The van der Waals surface area contributed by atoms with E-state index in [9.17, 15) is 9.59 Å². The first-order valence-corrected chi connectivity index (χ1v) is 3.57. The van der Waals surface area contributed by atoms with E-state index < -0.39 is 0 Å². The average Bonchev–Trinajstić information content (AvgIpc) is 2.08. The molecule has 0 aliphatic carbocycles. The molecule has 0 saturated carbocycles. The first-order valence-electron chi connectivity index (χ1n) is 3.57. The number of Topliss-reactive ketones (excluding diaryl/α,β-unsaturated/α-hetero) is 1. The van der Waals surface area contributed by atoms with Gasteiger partial charge in [-0.25, -0.2) is 4.79 Å². The number of hydrogen-bond donors (Lipinski definition) is 1. The van der Waals surface area contributed by atoms with Gasteiger partial charge >= 0.3 is 0 Å². The number of ketones is 1. The van der Waals surface area contributed by atoms with Gasteiger partial charge in [0.25, 0.3) is 0 Å². The number of aromatic hydroxyl groups is 1. The van der Waals surface area contributed by atoms with Crippen LogP contribution in [0.2, 0.25) is 0 Å². The summed E-state index contributed by atoms with van der Waals surface area (Å²) in [5.74, 6) is -0.292. The number of rotatable bonds is 2. The second-order valence-corrected chi connectivity index (χ2v) is 2.46. The Bertz CT molecular complexity index is 392. The number of aliphatic imine (C=N–C) groups is 1. The summed E-state index contributed by atoms with van der Waals surface area (Å²) in [6.45, 7) is 1.33. The highest BCUT2D eigenvalue weighted by Crippen LogP contribution is 2.23. The maximum Gasteiger partial charge on any atom is 0.240 e. The van der Waals surface area contributed by atoms with E-state index in [1.165, 1.54) is 31.2 Å².